The molecule has 0 bridgehead atoms. The molecule has 3 atom stereocenters. The molecule has 0 radical (unpaired) electrons. The molecule has 1 saturated heterocycles. The lowest BCUT2D eigenvalue weighted by Crippen LogP contribution is -2.58. The van der Waals surface area contributed by atoms with E-state index in [9.17, 15) is 19.2 Å². The molecule has 3 heterocycles. The zero-order valence-corrected chi connectivity index (χ0v) is 35.1. The highest BCUT2D eigenvalue weighted by molar-refractivity contribution is 5.95. The number of amides is 3. The topological polar surface area (TPSA) is 135 Å². The Morgan fingerprint density at radius 2 is 1.81 bits per heavy atom. The van der Waals surface area contributed by atoms with Crippen LogP contribution in [0.25, 0.3) is 33.3 Å². The molecular weight excluding hydrogens is 721 g/mol. The fourth-order valence-corrected chi connectivity index (χ4v) is 7.96. The summed E-state index contributed by atoms with van der Waals surface area (Å²) in [6.45, 7) is 15.8. The lowest BCUT2D eigenvalue weighted by molar-refractivity contribution is -0.144. The minimum absolute atomic E-state index is 0.157. The summed E-state index contributed by atoms with van der Waals surface area (Å²) in [6, 6.07) is 17.1. The van der Waals surface area contributed by atoms with E-state index < -0.39 is 12.1 Å². The van der Waals surface area contributed by atoms with Crippen molar-refractivity contribution in [2.75, 3.05) is 33.9 Å². The first kappa shape index (κ1) is 43.1. The van der Waals surface area contributed by atoms with Crippen LogP contribution in [0.4, 0.5) is 0 Å². The molecule has 1 aliphatic rings. The smallest absolute Gasteiger partial charge is 0.302 e. The van der Waals surface area contributed by atoms with Crippen molar-refractivity contribution in [3.63, 3.8) is 0 Å². The number of benzene rings is 2. The summed E-state index contributed by atoms with van der Waals surface area (Å²) in [7, 11) is 3.27. The normalized spacial score (nSPS) is 14.9. The molecule has 3 amide bonds. The molecule has 1 aliphatic heterocycles. The van der Waals surface area contributed by atoms with Crippen LogP contribution >= 0.6 is 0 Å². The number of hydrazine groups is 1. The molecule has 2 N–H and O–H groups in total. The first-order valence-electron chi connectivity index (χ1n) is 20.1. The van der Waals surface area contributed by atoms with Gasteiger partial charge in [0.25, 0.3) is 5.91 Å². The molecule has 3 unspecified atom stereocenters. The molecule has 0 saturated carbocycles. The Hall–Kier alpha value is -5.07. The molecule has 4 aromatic rings. The Kier molecular flexibility index (Phi) is 14.3. The van der Waals surface area contributed by atoms with Crippen LogP contribution in [-0.2, 0) is 48.0 Å². The third-order valence-electron chi connectivity index (χ3n) is 10.8. The third kappa shape index (κ3) is 10.1. The predicted molar refractivity (Wildman–Crippen MR) is 223 cm³/mol. The molecule has 2 aromatic heterocycles. The number of rotatable bonds is 17. The van der Waals surface area contributed by atoms with Crippen molar-refractivity contribution < 1.29 is 28.7 Å². The second-order valence-corrected chi connectivity index (χ2v) is 16.3. The number of fused-ring (bicyclic) bond motifs is 1. The van der Waals surface area contributed by atoms with Gasteiger partial charge in [0.1, 0.15) is 12.1 Å². The summed E-state index contributed by atoms with van der Waals surface area (Å²) >= 11 is 0. The van der Waals surface area contributed by atoms with Crippen molar-refractivity contribution in [3.05, 3.63) is 77.6 Å². The number of carbonyl (C=O) groups is 4. The van der Waals surface area contributed by atoms with Crippen molar-refractivity contribution in [2.24, 2.45) is 11.3 Å². The van der Waals surface area contributed by atoms with Crippen LogP contribution in [-0.4, -0.2) is 89.6 Å². The largest absolute Gasteiger partial charge is 0.465 e. The Morgan fingerprint density at radius 1 is 1.05 bits per heavy atom. The van der Waals surface area contributed by atoms with Gasteiger partial charge in [-0.15, -0.1) is 0 Å². The van der Waals surface area contributed by atoms with Gasteiger partial charge >= 0.3 is 5.97 Å². The standard InChI is InChI=1S/C45H60N6O6/c1-10-50-39-19-18-34(25-36(39)37(26-45(6,7)27-57-31(5)53)42(50)35-17-14-20-46-40(35)30(4)56-9)33-16-13-15-32(23-33)24-38(44(55)51-22-12-11-21-47-51)48-43(54)41(29(2)3)49(8)28-52/h13-20,23,25,28-30,38,41,47H,10-12,21-22,24,26-27H2,1-9H3,(H,48,54). The van der Waals surface area contributed by atoms with Gasteiger partial charge in [0.15, 0.2) is 0 Å². The molecule has 5 rings (SSSR count). The molecule has 0 aliphatic carbocycles. The highest BCUT2D eigenvalue weighted by Crippen LogP contribution is 2.41. The van der Waals surface area contributed by atoms with Crippen molar-refractivity contribution >= 4 is 35.1 Å². The van der Waals surface area contributed by atoms with Gasteiger partial charge in [0.05, 0.1) is 24.1 Å². The van der Waals surface area contributed by atoms with Gasteiger partial charge in [-0.2, -0.15) is 0 Å². The number of methoxy groups -OCH3 is 1. The van der Waals surface area contributed by atoms with E-state index in [0.717, 1.165) is 62.9 Å². The molecule has 0 spiro atoms. The van der Waals surface area contributed by atoms with Crippen LogP contribution in [0.15, 0.2) is 60.8 Å². The maximum Gasteiger partial charge on any atom is 0.302 e. The van der Waals surface area contributed by atoms with Crippen LogP contribution in [0.1, 0.15) is 84.2 Å². The fourth-order valence-electron chi connectivity index (χ4n) is 7.96. The van der Waals surface area contributed by atoms with Crippen LogP contribution in [0.5, 0.6) is 0 Å². The molecule has 12 heteroatoms. The SMILES string of the molecule is CCn1c(-c2cccnc2C(C)OC)c(CC(C)(C)COC(C)=O)c2cc(-c3cccc(CC(NC(=O)C(C(C)C)N(C)C=O)C(=O)N4CCCCN4)c3)ccc21. The van der Waals surface area contributed by atoms with Crippen molar-refractivity contribution in [2.45, 2.75) is 98.9 Å². The highest BCUT2D eigenvalue weighted by atomic mass is 16.5. The summed E-state index contributed by atoms with van der Waals surface area (Å²) in [5.41, 5.74) is 10.8. The van der Waals surface area contributed by atoms with Crippen LogP contribution in [0, 0.1) is 11.3 Å². The first-order valence-corrected chi connectivity index (χ1v) is 20.1. The van der Waals surface area contributed by atoms with Crippen molar-refractivity contribution in [1.29, 1.82) is 0 Å². The van der Waals surface area contributed by atoms with E-state index in [1.807, 2.05) is 39.0 Å². The molecular formula is C45H60N6O6. The summed E-state index contributed by atoms with van der Waals surface area (Å²) in [4.78, 5) is 57.4. The number of aromatic nitrogens is 2. The second-order valence-electron chi connectivity index (χ2n) is 16.3. The van der Waals surface area contributed by atoms with Gasteiger partial charge < -0.3 is 24.3 Å². The predicted octanol–water partition coefficient (Wildman–Crippen LogP) is 6.50. The Balaban J connectivity index is 1.59. The third-order valence-corrected chi connectivity index (χ3v) is 10.8. The van der Waals surface area contributed by atoms with E-state index in [-0.39, 0.29) is 48.2 Å². The zero-order valence-electron chi connectivity index (χ0n) is 35.1. The zero-order chi connectivity index (χ0) is 41.4. The Morgan fingerprint density at radius 3 is 2.46 bits per heavy atom. The average molecular weight is 781 g/mol. The summed E-state index contributed by atoms with van der Waals surface area (Å²) in [5, 5.41) is 5.71. The highest BCUT2D eigenvalue weighted by Gasteiger charge is 2.33. The Bertz CT molecular complexity index is 2050. The van der Waals surface area contributed by atoms with E-state index in [0.29, 0.717) is 32.5 Å². The molecule has 12 nitrogen and oxygen atoms in total. The molecule has 2 aromatic carbocycles. The number of esters is 1. The van der Waals surface area contributed by atoms with Crippen LogP contribution < -0.4 is 10.7 Å². The van der Waals surface area contributed by atoms with E-state index in [2.05, 4.69) is 72.5 Å². The number of nitrogens with zero attached hydrogens (tertiary/aromatic N) is 4. The van der Waals surface area contributed by atoms with E-state index in [1.165, 1.54) is 11.8 Å². The number of hydrogen-bond donors (Lipinski definition) is 2. The van der Waals surface area contributed by atoms with Crippen molar-refractivity contribution in [3.8, 4) is 22.4 Å². The summed E-state index contributed by atoms with van der Waals surface area (Å²) < 4.78 is 13.7. The Labute approximate surface area is 337 Å². The van der Waals surface area contributed by atoms with Gasteiger partial charge in [0, 0.05) is 75.2 Å². The molecule has 306 valence electrons. The van der Waals surface area contributed by atoms with Gasteiger partial charge in [-0.05, 0) is 85.5 Å². The molecule has 1 fully saturated rings. The number of likely N-dealkylation sites (N-methyl/N-ethyl adjacent to an activating group) is 1. The number of hydrogen-bond acceptors (Lipinski definition) is 8. The van der Waals surface area contributed by atoms with Gasteiger partial charge in [-0.3, -0.25) is 29.2 Å². The van der Waals surface area contributed by atoms with Gasteiger partial charge in [0.2, 0.25) is 12.3 Å². The fraction of sp³-hybridized carbons (Fsp3) is 0.489. The summed E-state index contributed by atoms with van der Waals surface area (Å²) in [6.07, 6.45) is 4.94. The lowest BCUT2D eigenvalue weighted by Gasteiger charge is -2.33. The van der Waals surface area contributed by atoms with E-state index in [1.54, 1.807) is 25.4 Å². The number of ether oxygens (including phenoxy) is 2. The quantitative estimate of drug-likeness (QED) is 0.0917. The maximum absolute atomic E-state index is 14.0. The van der Waals surface area contributed by atoms with E-state index in [4.69, 9.17) is 14.5 Å². The number of aryl methyl sites for hydroxylation is 1. The summed E-state index contributed by atoms with van der Waals surface area (Å²) in [5.74, 6) is -1.05. The monoisotopic (exact) mass is 780 g/mol. The maximum atomic E-state index is 14.0. The lowest BCUT2D eigenvalue weighted by atomic mass is 9.84. The minimum Gasteiger partial charge on any atom is -0.465 e. The first-order chi connectivity index (χ1) is 27.2. The van der Waals surface area contributed by atoms with E-state index >= 15 is 0 Å². The van der Waals surface area contributed by atoms with Gasteiger partial charge in [-0.25, -0.2) is 5.43 Å². The minimum atomic E-state index is -0.850. The number of carbonyl (C=O) groups excluding carboxylic acids is 4. The van der Waals surface area contributed by atoms with Gasteiger partial charge in [-0.1, -0.05) is 58.0 Å². The average Bonchev–Trinajstić information content (AvgIpc) is 3.50. The van der Waals surface area contributed by atoms with Crippen LogP contribution in [0.3, 0.4) is 0 Å². The number of nitrogens with one attached hydrogen (secondary N) is 2. The van der Waals surface area contributed by atoms with Crippen LogP contribution in [0.2, 0.25) is 0 Å². The molecule has 57 heavy (non-hydrogen) atoms. The van der Waals surface area contributed by atoms with Crippen molar-refractivity contribution in [1.82, 2.24) is 30.2 Å². The number of pyridine rings is 1. The second kappa shape index (κ2) is 18.9.